The molecule has 0 aliphatic heterocycles. The fourth-order valence-electron chi connectivity index (χ4n) is 1.71. The van der Waals surface area contributed by atoms with E-state index in [0.29, 0.717) is 5.56 Å². The summed E-state index contributed by atoms with van der Waals surface area (Å²) >= 11 is 0. The molecule has 112 valence electrons. The molecule has 0 bridgehead atoms. The molecule has 0 aliphatic carbocycles. The summed E-state index contributed by atoms with van der Waals surface area (Å²) in [5.74, 6) is 0. The van der Waals surface area contributed by atoms with E-state index in [9.17, 15) is 13.2 Å². The third-order valence-corrected chi connectivity index (χ3v) is 4.22. The second-order valence-corrected chi connectivity index (χ2v) is 7.35. The number of anilines is 1. The van der Waals surface area contributed by atoms with Gasteiger partial charge < -0.3 is 11.1 Å². The van der Waals surface area contributed by atoms with Gasteiger partial charge in [0.05, 0.1) is 5.69 Å². The predicted octanol–water partition coefficient (Wildman–Crippen LogP) is 1.67. The molecule has 0 atom stereocenters. The number of hydrogen-bond donors (Lipinski definition) is 3. The van der Waals surface area contributed by atoms with Gasteiger partial charge in [-0.3, -0.25) is 0 Å². The van der Waals surface area contributed by atoms with Crippen LogP contribution in [0.15, 0.2) is 17.0 Å². The van der Waals surface area contributed by atoms with Crippen molar-refractivity contribution >= 4 is 21.7 Å². The quantitative estimate of drug-likeness (QED) is 0.723. The molecule has 4 N–H and O–H groups in total. The van der Waals surface area contributed by atoms with Gasteiger partial charge >= 0.3 is 6.03 Å². The van der Waals surface area contributed by atoms with E-state index in [4.69, 9.17) is 5.73 Å². The highest BCUT2D eigenvalue weighted by molar-refractivity contribution is 7.90. The molecule has 0 spiro atoms. The number of benzene rings is 1. The molecule has 1 rings (SSSR count). The summed E-state index contributed by atoms with van der Waals surface area (Å²) in [4.78, 5) is 11.7. The third kappa shape index (κ3) is 3.86. The van der Waals surface area contributed by atoms with Crippen LogP contribution in [-0.4, -0.2) is 20.0 Å². The monoisotopic (exact) mass is 299 g/mol. The Morgan fingerprint density at radius 2 is 1.75 bits per heavy atom. The Morgan fingerprint density at radius 1 is 1.20 bits per heavy atom. The Balaban J connectivity index is 3.13. The number of hydrogen-bond acceptors (Lipinski definition) is 4. The van der Waals surface area contributed by atoms with Gasteiger partial charge in [-0.15, -0.1) is 0 Å². The van der Waals surface area contributed by atoms with Gasteiger partial charge in [0.2, 0.25) is 0 Å². The predicted molar refractivity (Wildman–Crippen MR) is 78.9 cm³/mol. The summed E-state index contributed by atoms with van der Waals surface area (Å²) in [6, 6.07) is 2.47. The van der Waals surface area contributed by atoms with E-state index in [1.54, 1.807) is 40.7 Å². The number of nitrogen functional groups attached to an aromatic ring is 1. The van der Waals surface area contributed by atoms with Crippen LogP contribution in [0.1, 0.15) is 31.9 Å². The zero-order valence-corrected chi connectivity index (χ0v) is 13.2. The Labute approximate surface area is 119 Å². The second-order valence-electron chi connectivity index (χ2n) is 5.74. The Morgan fingerprint density at radius 3 is 2.25 bits per heavy atom. The lowest BCUT2D eigenvalue weighted by molar-refractivity contribution is 0.237. The highest BCUT2D eigenvalue weighted by Gasteiger charge is 2.25. The third-order valence-electron chi connectivity index (χ3n) is 2.69. The molecule has 0 saturated carbocycles. The van der Waals surface area contributed by atoms with Crippen molar-refractivity contribution in [3.63, 3.8) is 0 Å². The number of aryl methyl sites for hydroxylation is 1. The topological polar surface area (TPSA) is 101 Å². The molecular formula is C13H21N3O3S. The van der Waals surface area contributed by atoms with Crippen LogP contribution in [0.4, 0.5) is 10.5 Å². The zero-order valence-electron chi connectivity index (χ0n) is 12.4. The van der Waals surface area contributed by atoms with Gasteiger partial charge in [0, 0.05) is 5.54 Å². The molecule has 1 aromatic rings. The number of sulfonamides is 1. The largest absolute Gasteiger partial charge is 0.398 e. The minimum absolute atomic E-state index is 0.0541. The Hall–Kier alpha value is -1.76. The van der Waals surface area contributed by atoms with Gasteiger partial charge in [-0.05, 0) is 51.8 Å². The summed E-state index contributed by atoms with van der Waals surface area (Å²) in [6.45, 7) is 8.70. The maximum Gasteiger partial charge on any atom is 0.329 e. The van der Waals surface area contributed by atoms with Gasteiger partial charge in [-0.1, -0.05) is 6.07 Å². The summed E-state index contributed by atoms with van der Waals surface area (Å²) in [5.41, 5.74) is 6.63. The maximum atomic E-state index is 12.3. The standard InChI is InChI=1S/C13H21N3O3S/c1-8-6-7-10(14)11(9(8)2)20(18,19)16-12(17)15-13(3,4)5/h6-7H,14H2,1-5H3,(H2,15,16,17). The molecular weight excluding hydrogens is 278 g/mol. The van der Waals surface area contributed by atoms with E-state index in [2.05, 4.69) is 5.32 Å². The fourth-order valence-corrected chi connectivity index (χ4v) is 3.05. The number of nitrogens with one attached hydrogen (secondary N) is 2. The molecule has 0 radical (unpaired) electrons. The lowest BCUT2D eigenvalue weighted by Crippen LogP contribution is -2.48. The smallest absolute Gasteiger partial charge is 0.329 e. The molecule has 0 heterocycles. The molecule has 0 aliphatic rings. The Bertz CT molecular complexity index is 631. The SMILES string of the molecule is Cc1ccc(N)c(S(=O)(=O)NC(=O)NC(C)(C)C)c1C. The van der Waals surface area contributed by atoms with Crippen molar-refractivity contribution < 1.29 is 13.2 Å². The van der Waals surface area contributed by atoms with Crippen molar-refractivity contribution in [2.24, 2.45) is 0 Å². The second kappa shape index (κ2) is 5.32. The van der Waals surface area contributed by atoms with Crippen LogP contribution in [0.3, 0.4) is 0 Å². The van der Waals surface area contributed by atoms with Crippen molar-refractivity contribution in [3.8, 4) is 0 Å². The number of rotatable bonds is 2. The first-order valence-electron chi connectivity index (χ1n) is 6.15. The van der Waals surface area contributed by atoms with Gasteiger partial charge in [-0.2, -0.15) is 0 Å². The summed E-state index contributed by atoms with van der Waals surface area (Å²) in [6.07, 6.45) is 0. The highest BCUT2D eigenvalue weighted by Crippen LogP contribution is 2.24. The normalized spacial score (nSPS) is 12.1. The van der Waals surface area contributed by atoms with Crippen molar-refractivity contribution in [1.29, 1.82) is 0 Å². The van der Waals surface area contributed by atoms with Gasteiger partial charge in [0.1, 0.15) is 4.90 Å². The molecule has 0 unspecified atom stereocenters. The number of urea groups is 1. The van der Waals surface area contributed by atoms with Gasteiger partial charge in [-0.25, -0.2) is 17.9 Å². The van der Waals surface area contributed by atoms with E-state index >= 15 is 0 Å². The Kier molecular flexibility index (Phi) is 4.33. The molecule has 6 nitrogen and oxygen atoms in total. The van der Waals surface area contributed by atoms with Crippen LogP contribution in [-0.2, 0) is 10.0 Å². The zero-order chi connectivity index (χ0) is 15.7. The first-order valence-corrected chi connectivity index (χ1v) is 7.63. The van der Waals surface area contributed by atoms with E-state index in [1.165, 1.54) is 6.07 Å². The molecule has 2 amide bonds. The lowest BCUT2D eigenvalue weighted by Gasteiger charge is -2.21. The van der Waals surface area contributed by atoms with Crippen molar-refractivity contribution in [2.75, 3.05) is 5.73 Å². The van der Waals surface area contributed by atoms with Crippen LogP contribution >= 0.6 is 0 Å². The summed E-state index contributed by atoms with van der Waals surface area (Å²) in [5, 5.41) is 2.53. The molecule has 0 saturated heterocycles. The average molecular weight is 299 g/mol. The number of amides is 2. The van der Waals surface area contributed by atoms with E-state index < -0.39 is 21.6 Å². The minimum atomic E-state index is -4.00. The maximum absolute atomic E-state index is 12.3. The van der Waals surface area contributed by atoms with Crippen LogP contribution in [0.25, 0.3) is 0 Å². The average Bonchev–Trinajstić information content (AvgIpc) is 2.19. The summed E-state index contributed by atoms with van der Waals surface area (Å²) in [7, 11) is -4.00. The van der Waals surface area contributed by atoms with Crippen molar-refractivity contribution in [1.82, 2.24) is 10.0 Å². The van der Waals surface area contributed by atoms with Crippen molar-refractivity contribution in [2.45, 2.75) is 45.1 Å². The number of carbonyl (C=O) groups is 1. The minimum Gasteiger partial charge on any atom is -0.398 e. The van der Waals surface area contributed by atoms with Crippen molar-refractivity contribution in [3.05, 3.63) is 23.3 Å². The summed E-state index contributed by atoms with van der Waals surface area (Å²) < 4.78 is 26.5. The molecule has 0 aromatic heterocycles. The van der Waals surface area contributed by atoms with Crippen LogP contribution < -0.4 is 15.8 Å². The first-order chi connectivity index (χ1) is 8.94. The number of nitrogens with two attached hydrogens (primary N) is 1. The van der Waals surface area contributed by atoms with E-state index in [0.717, 1.165) is 5.56 Å². The molecule has 0 fully saturated rings. The van der Waals surface area contributed by atoms with E-state index in [1.807, 2.05) is 4.72 Å². The van der Waals surface area contributed by atoms with Crippen LogP contribution in [0.2, 0.25) is 0 Å². The first kappa shape index (κ1) is 16.3. The molecule has 7 heteroatoms. The van der Waals surface area contributed by atoms with Crippen LogP contribution in [0, 0.1) is 13.8 Å². The van der Waals surface area contributed by atoms with E-state index in [-0.39, 0.29) is 10.6 Å². The molecule has 20 heavy (non-hydrogen) atoms. The number of carbonyl (C=O) groups excluding carboxylic acids is 1. The van der Waals surface area contributed by atoms with Crippen LogP contribution in [0.5, 0.6) is 0 Å². The lowest BCUT2D eigenvalue weighted by atomic mass is 10.1. The van der Waals surface area contributed by atoms with Gasteiger partial charge in [0.15, 0.2) is 0 Å². The molecule has 1 aromatic carbocycles. The highest BCUT2D eigenvalue weighted by atomic mass is 32.2. The fraction of sp³-hybridized carbons (Fsp3) is 0.462. The van der Waals surface area contributed by atoms with Gasteiger partial charge in [0.25, 0.3) is 10.0 Å².